The molecule has 3 heteroatoms. The first-order valence-corrected chi connectivity index (χ1v) is 7.11. The van der Waals surface area contributed by atoms with Crippen molar-refractivity contribution in [3.63, 3.8) is 0 Å². The van der Waals surface area contributed by atoms with Crippen molar-refractivity contribution in [1.82, 2.24) is 0 Å². The molecule has 0 saturated carbocycles. The molecule has 0 unspecified atom stereocenters. The summed E-state index contributed by atoms with van der Waals surface area (Å²) in [6.45, 7) is 5.56. The van der Waals surface area contributed by atoms with Gasteiger partial charge in [0.15, 0.2) is 0 Å². The van der Waals surface area contributed by atoms with Gasteiger partial charge in [-0.1, -0.05) is 32.0 Å². The van der Waals surface area contributed by atoms with Gasteiger partial charge in [-0.15, -0.1) is 0 Å². The molecule has 1 N–H and O–H groups in total. The molecule has 1 aromatic rings. The van der Waals surface area contributed by atoms with E-state index >= 15 is 0 Å². The minimum Gasteiger partial charge on any atom is -0.382 e. The van der Waals surface area contributed by atoms with Crippen LogP contribution in [0.5, 0.6) is 0 Å². The van der Waals surface area contributed by atoms with Gasteiger partial charge in [-0.05, 0) is 24.5 Å². The summed E-state index contributed by atoms with van der Waals surface area (Å²) < 4.78 is 5.37. The molecule has 0 bridgehead atoms. The van der Waals surface area contributed by atoms with Crippen LogP contribution in [0.4, 0.5) is 5.69 Å². The molecule has 1 aliphatic heterocycles. The van der Waals surface area contributed by atoms with Crippen molar-refractivity contribution in [3.8, 4) is 0 Å². The lowest BCUT2D eigenvalue weighted by atomic mass is 9.99. The van der Waals surface area contributed by atoms with E-state index in [1.807, 2.05) is 32.0 Å². The van der Waals surface area contributed by atoms with E-state index < -0.39 is 0 Å². The minimum atomic E-state index is 0.0936. The number of Topliss-reactive ketones (excluding diaryl/α,β-unsaturated/α-hetero) is 1. The van der Waals surface area contributed by atoms with Crippen molar-refractivity contribution in [2.75, 3.05) is 18.5 Å². The average molecular weight is 261 g/mol. The first-order chi connectivity index (χ1) is 9.16. The van der Waals surface area contributed by atoms with E-state index in [1.54, 1.807) is 0 Å². The first-order valence-electron chi connectivity index (χ1n) is 7.11. The van der Waals surface area contributed by atoms with Gasteiger partial charge < -0.3 is 10.1 Å². The van der Waals surface area contributed by atoms with Crippen LogP contribution in [-0.4, -0.2) is 25.0 Å². The number of carbonyl (C=O) groups is 1. The van der Waals surface area contributed by atoms with Crippen LogP contribution in [0, 0.1) is 5.92 Å². The fourth-order valence-corrected chi connectivity index (χ4v) is 2.27. The highest BCUT2D eigenvalue weighted by molar-refractivity contribution is 5.84. The van der Waals surface area contributed by atoms with Gasteiger partial charge in [0.2, 0.25) is 0 Å². The molecule has 1 saturated heterocycles. The van der Waals surface area contributed by atoms with Crippen molar-refractivity contribution in [3.05, 3.63) is 29.8 Å². The zero-order valence-electron chi connectivity index (χ0n) is 11.8. The summed E-state index contributed by atoms with van der Waals surface area (Å²) in [4.78, 5) is 11.9. The predicted octanol–water partition coefficient (Wildman–Crippen LogP) is 3.05. The van der Waals surface area contributed by atoms with Gasteiger partial charge in [0, 0.05) is 37.3 Å². The Morgan fingerprint density at radius 2 is 2.00 bits per heavy atom. The monoisotopic (exact) mass is 261 g/mol. The number of ether oxygens (including phenoxy) is 1. The largest absolute Gasteiger partial charge is 0.382 e. The Bertz CT molecular complexity index is 423. The third kappa shape index (κ3) is 4.06. The molecule has 0 radical (unpaired) electrons. The van der Waals surface area contributed by atoms with Crippen LogP contribution in [0.25, 0.3) is 0 Å². The summed E-state index contributed by atoms with van der Waals surface area (Å²) in [5.41, 5.74) is 2.20. The number of hydrogen-bond donors (Lipinski definition) is 1. The molecule has 0 aliphatic carbocycles. The molecule has 19 heavy (non-hydrogen) atoms. The number of nitrogens with one attached hydrogen (secondary N) is 1. The Kier molecular flexibility index (Phi) is 4.97. The maximum atomic E-state index is 11.9. The Morgan fingerprint density at radius 3 is 2.68 bits per heavy atom. The number of ketones is 1. The van der Waals surface area contributed by atoms with Crippen molar-refractivity contribution in [2.24, 2.45) is 5.92 Å². The molecule has 104 valence electrons. The Hall–Kier alpha value is -1.35. The zero-order valence-corrected chi connectivity index (χ0v) is 11.8. The van der Waals surface area contributed by atoms with Crippen molar-refractivity contribution < 1.29 is 9.53 Å². The van der Waals surface area contributed by atoms with Gasteiger partial charge in [0.05, 0.1) is 0 Å². The summed E-state index contributed by atoms with van der Waals surface area (Å²) in [6, 6.07) is 8.59. The SMILES string of the molecule is CC(C)C(=O)Cc1ccccc1NC1CCOCC1. The third-order valence-corrected chi connectivity index (χ3v) is 3.61. The van der Waals surface area contributed by atoms with Gasteiger partial charge in [0.25, 0.3) is 0 Å². The number of benzene rings is 1. The molecule has 2 rings (SSSR count). The van der Waals surface area contributed by atoms with Crippen molar-refractivity contribution in [2.45, 2.75) is 39.2 Å². The third-order valence-electron chi connectivity index (χ3n) is 3.61. The number of para-hydroxylation sites is 1. The van der Waals surface area contributed by atoms with Gasteiger partial charge in [-0.3, -0.25) is 4.79 Å². The van der Waals surface area contributed by atoms with Crippen LogP contribution < -0.4 is 5.32 Å². The van der Waals surface area contributed by atoms with Crippen LogP contribution in [0.2, 0.25) is 0 Å². The lowest BCUT2D eigenvalue weighted by Gasteiger charge is -2.25. The predicted molar refractivity (Wildman–Crippen MR) is 77.5 cm³/mol. The molecule has 0 aromatic heterocycles. The van der Waals surface area contributed by atoms with Crippen LogP contribution in [-0.2, 0) is 16.0 Å². The molecule has 1 heterocycles. The highest BCUT2D eigenvalue weighted by Gasteiger charge is 2.16. The lowest BCUT2D eigenvalue weighted by molar-refractivity contribution is -0.121. The quantitative estimate of drug-likeness (QED) is 0.885. The molecule has 1 fully saturated rings. The lowest BCUT2D eigenvalue weighted by Crippen LogP contribution is -2.28. The van der Waals surface area contributed by atoms with Crippen molar-refractivity contribution in [1.29, 1.82) is 0 Å². The second kappa shape index (κ2) is 6.71. The Labute approximate surface area is 115 Å². The van der Waals surface area contributed by atoms with Crippen LogP contribution in [0.1, 0.15) is 32.3 Å². The fraction of sp³-hybridized carbons (Fsp3) is 0.562. The van der Waals surface area contributed by atoms with E-state index in [9.17, 15) is 4.79 Å². The maximum absolute atomic E-state index is 11.9. The smallest absolute Gasteiger partial charge is 0.139 e. The molecule has 0 atom stereocenters. The maximum Gasteiger partial charge on any atom is 0.139 e. The van der Waals surface area contributed by atoms with E-state index in [2.05, 4.69) is 11.4 Å². The number of rotatable bonds is 5. The second-order valence-electron chi connectivity index (χ2n) is 5.49. The topological polar surface area (TPSA) is 38.3 Å². The molecule has 0 amide bonds. The highest BCUT2D eigenvalue weighted by Crippen LogP contribution is 2.21. The first kappa shape index (κ1) is 14.1. The van der Waals surface area contributed by atoms with E-state index in [0.29, 0.717) is 18.2 Å². The van der Waals surface area contributed by atoms with Crippen LogP contribution in [0.3, 0.4) is 0 Å². The minimum absolute atomic E-state index is 0.0936. The van der Waals surface area contributed by atoms with Crippen molar-refractivity contribution >= 4 is 11.5 Å². The number of hydrogen-bond acceptors (Lipinski definition) is 3. The summed E-state index contributed by atoms with van der Waals surface area (Å²) in [5, 5.41) is 3.56. The Balaban J connectivity index is 2.05. The standard InChI is InChI=1S/C16H23NO2/c1-12(2)16(18)11-13-5-3-4-6-15(13)17-14-7-9-19-10-8-14/h3-6,12,14,17H,7-11H2,1-2H3. The van der Waals surface area contributed by atoms with E-state index in [4.69, 9.17) is 4.74 Å². The van der Waals surface area contributed by atoms with E-state index in [-0.39, 0.29) is 5.92 Å². The van der Waals surface area contributed by atoms with E-state index in [0.717, 1.165) is 37.3 Å². The van der Waals surface area contributed by atoms with E-state index in [1.165, 1.54) is 0 Å². The highest BCUT2D eigenvalue weighted by atomic mass is 16.5. The molecule has 1 aromatic carbocycles. The Morgan fingerprint density at radius 1 is 1.32 bits per heavy atom. The van der Waals surface area contributed by atoms with Crippen LogP contribution in [0.15, 0.2) is 24.3 Å². The number of anilines is 1. The normalized spacial score (nSPS) is 16.6. The van der Waals surface area contributed by atoms with Gasteiger partial charge in [-0.2, -0.15) is 0 Å². The summed E-state index contributed by atoms with van der Waals surface area (Å²) in [7, 11) is 0. The fourth-order valence-electron chi connectivity index (χ4n) is 2.27. The zero-order chi connectivity index (χ0) is 13.7. The molecular weight excluding hydrogens is 238 g/mol. The molecular formula is C16H23NO2. The molecule has 3 nitrogen and oxygen atoms in total. The number of carbonyl (C=O) groups excluding carboxylic acids is 1. The van der Waals surface area contributed by atoms with Gasteiger partial charge in [-0.25, -0.2) is 0 Å². The summed E-state index contributed by atoms with van der Waals surface area (Å²) in [6.07, 6.45) is 2.59. The average Bonchev–Trinajstić information content (AvgIpc) is 2.42. The van der Waals surface area contributed by atoms with Crippen LogP contribution >= 0.6 is 0 Å². The molecule has 1 aliphatic rings. The van der Waals surface area contributed by atoms with Gasteiger partial charge in [0.1, 0.15) is 5.78 Å². The van der Waals surface area contributed by atoms with Gasteiger partial charge >= 0.3 is 0 Å². The summed E-state index contributed by atoms with van der Waals surface area (Å²) in [5.74, 6) is 0.386. The second-order valence-corrected chi connectivity index (χ2v) is 5.49. The summed E-state index contributed by atoms with van der Waals surface area (Å²) >= 11 is 0. The molecule has 0 spiro atoms.